The zero-order valence-electron chi connectivity index (χ0n) is 16.8. The van der Waals surface area contributed by atoms with Crippen LogP contribution in [-0.2, 0) is 14.8 Å². The molecule has 0 spiro atoms. The molecule has 1 saturated heterocycles. The highest BCUT2D eigenvalue weighted by molar-refractivity contribution is 7.98. The first-order chi connectivity index (χ1) is 13.8. The summed E-state index contributed by atoms with van der Waals surface area (Å²) in [6, 6.07) is 12.7. The number of hydrogen-bond acceptors (Lipinski definition) is 5. The van der Waals surface area contributed by atoms with Crippen molar-refractivity contribution in [3.8, 4) is 5.75 Å². The Morgan fingerprint density at radius 3 is 2.76 bits per heavy atom. The predicted octanol–water partition coefficient (Wildman–Crippen LogP) is 3.76. The summed E-state index contributed by atoms with van der Waals surface area (Å²) in [5.41, 5.74) is 1.56. The van der Waals surface area contributed by atoms with Crippen molar-refractivity contribution in [2.45, 2.75) is 29.6 Å². The molecule has 1 N–H and O–H groups in total. The van der Waals surface area contributed by atoms with Gasteiger partial charge in [0.1, 0.15) is 10.6 Å². The van der Waals surface area contributed by atoms with Crippen molar-refractivity contribution in [2.75, 3.05) is 31.8 Å². The number of carbonyl (C=O) groups is 1. The van der Waals surface area contributed by atoms with Crippen LogP contribution in [0.5, 0.6) is 5.75 Å². The highest BCUT2D eigenvalue weighted by atomic mass is 32.2. The smallest absolute Gasteiger partial charge is 0.246 e. The summed E-state index contributed by atoms with van der Waals surface area (Å²) in [6.07, 6.45) is 3.27. The molecule has 0 aromatic heterocycles. The summed E-state index contributed by atoms with van der Waals surface area (Å²) in [5.74, 6) is -0.234. The van der Waals surface area contributed by atoms with Crippen LogP contribution in [0.15, 0.2) is 52.3 Å². The molecular formula is C21H26N2O4S2. The molecule has 2 aromatic carbocycles. The lowest BCUT2D eigenvalue weighted by atomic mass is 9.99. The fourth-order valence-electron chi connectivity index (χ4n) is 3.44. The number of amides is 1. The molecular weight excluding hydrogens is 408 g/mol. The van der Waals surface area contributed by atoms with E-state index in [1.54, 1.807) is 23.9 Å². The van der Waals surface area contributed by atoms with Crippen LogP contribution in [-0.4, -0.2) is 45.1 Å². The molecule has 8 heteroatoms. The Morgan fingerprint density at radius 1 is 1.24 bits per heavy atom. The highest BCUT2D eigenvalue weighted by Crippen LogP contribution is 2.31. The van der Waals surface area contributed by atoms with Gasteiger partial charge in [-0.3, -0.25) is 4.79 Å². The first kappa shape index (κ1) is 21.7. The van der Waals surface area contributed by atoms with Crippen LogP contribution in [0.4, 0.5) is 5.69 Å². The number of anilines is 1. The lowest BCUT2D eigenvalue weighted by Crippen LogP contribution is -2.43. The number of sulfonamides is 1. The van der Waals surface area contributed by atoms with Crippen LogP contribution in [0.2, 0.25) is 0 Å². The maximum atomic E-state index is 13.2. The molecule has 1 unspecified atom stereocenters. The van der Waals surface area contributed by atoms with Crippen molar-refractivity contribution in [1.29, 1.82) is 0 Å². The van der Waals surface area contributed by atoms with Crippen molar-refractivity contribution in [3.05, 3.63) is 48.0 Å². The zero-order chi connectivity index (χ0) is 21.0. The van der Waals surface area contributed by atoms with E-state index in [2.05, 4.69) is 5.32 Å². The summed E-state index contributed by atoms with van der Waals surface area (Å²) in [7, 11) is -2.30. The van der Waals surface area contributed by atoms with E-state index >= 15 is 0 Å². The second-order valence-electron chi connectivity index (χ2n) is 7.08. The number of nitrogens with zero attached hydrogens (tertiary/aromatic N) is 1. The van der Waals surface area contributed by atoms with E-state index in [0.29, 0.717) is 25.1 Å². The fraction of sp³-hybridized carbons (Fsp3) is 0.381. The highest BCUT2D eigenvalue weighted by Gasteiger charge is 2.35. The van der Waals surface area contributed by atoms with E-state index in [9.17, 15) is 13.2 Å². The lowest BCUT2D eigenvalue weighted by Gasteiger charge is -2.31. The minimum atomic E-state index is -3.75. The average molecular weight is 435 g/mol. The molecule has 156 valence electrons. The number of methoxy groups -OCH3 is 1. The quantitative estimate of drug-likeness (QED) is 0.701. The van der Waals surface area contributed by atoms with Crippen LogP contribution >= 0.6 is 11.8 Å². The Bertz CT molecular complexity index is 992. The first-order valence-corrected chi connectivity index (χ1v) is 12.1. The molecule has 1 aliphatic rings. The van der Waals surface area contributed by atoms with Crippen LogP contribution in [0.3, 0.4) is 0 Å². The molecule has 0 saturated carbocycles. The van der Waals surface area contributed by atoms with Gasteiger partial charge in [0.15, 0.2) is 0 Å². The third kappa shape index (κ3) is 4.94. The van der Waals surface area contributed by atoms with Crippen molar-refractivity contribution in [2.24, 2.45) is 5.92 Å². The molecule has 1 fully saturated rings. The normalized spacial score (nSPS) is 17.7. The summed E-state index contributed by atoms with van der Waals surface area (Å²) in [4.78, 5) is 14.0. The minimum Gasteiger partial charge on any atom is -0.495 e. The Morgan fingerprint density at radius 2 is 2.03 bits per heavy atom. The summed E-state index contributed by atoms with van der Waals surface area (Å²) < 4.78 is 33.1. The van der Waals surface area contributed by atoms with Gasteiger partial charge in [0.2, 0.25) is 15.9 Å². The van der Waals surface area contributed by atoms with Gasteiger partial charge in [-0.05, 0) is 61.9 Å². The number of carbonyl (C=O) groups excluding carboxylic acids is 1. The van der Waals surface area contributed by atoms with E-state index in [1.165, 1.54) is 11.4 Å². The Balaban J connectivity index is 1.77. The van der Waals surface area contributed by atoms with Gasteiger partial charge in [-0.1, -0.05) is 12.1 Å². The Labute approximate surface area is 176 Å². The second-order valence-corrected chi connectivity index (χ2v) is 9.86. The van der Waals surface area contributed by atoms with Gasteiger partial charge in [0.25, 0.3) is 0 Å². The standard InChI is InChI=1S/C21H26N2O4S2/c1-15-9-10-19(27-2)20(12-15)29(25,26)23-11-5-6-16(14-23)21(24)22-17-7-4-8-18(13-17)28-3/h4,7-10,12-13,16H,5-6,11,14H2,1-3H3,(H,22,24). The second kappa shape index (κ2) is 9.19. The zero-order valence-corrected chi connectivity index (χ0v) is 18.5. The number of thioether (sulfide) groups is 1. The molecule has 0 bridgehead atoms. The maximum absolute atomic E-state index is 13.2. The van der Waals surface area contributed by atoms with Crippen LogP contribution in [0.25, 0.3) is 0 Å². The molecule has 0 aliphatic carbocycles. The molecule has 2 aromatic rings. The monoisotopic (exact) mass is 434 g/mol. The van der Waals surface area contributed by atoms with Crippen LogP contribution < -0.4 is 10.1 Å². The SMILES string of the molecule is COc1ccc(C)cc1S(=O)(=O)N1CCCC(C(=O)Nc2cccc(SC)c2)C1. The fourth-order valence-corrected chi connectivity index (χ4v) is 5.67. The predicted molar refractivity (Wildman–Crippen MR) is 116 cm³/mol. The topological polar surface area (TPSA) is 75.7 Å². The number of benzene rings is 2. The van der Waals surface area contributed by atoms with Gasteiger partial charge in [-0.25, -0.2) is 8.42 Å². The van der Waals surface area contributed by atoms with Gasteiger partial charge in [0.05, 0.1) is 13.0 Å². The van der Waals surface area contributed by atoms with Gasteiger partial charge in [-0.15, -0.1) is 11.8 Å². The maximum Gasteiger partial charge on any atom is 0.246 e. The Hall–Kier alpha value is -2.03. The largest absolute Gasteiger partial charge is 0.495 e. The van der Waals surface area contributed by atoms with Crippen molar-refractivity contribution in [3.63, 3.8) is 0 Å². The lowest BCUT2D eigenvalue weighted by molar-refractivity contribution is -0.120. The molecule has 1 atom stereocenters. The molecule has 1 amide bonds. The third-order valence-corrected chi connectivity index (χ3v) is 7.64. The van der Waals surface area contributed by atoms with Gasteiger partial charge < -0.3 is 10.1 Å². The average Bonchev–Trinajstić information content (AvgIpc) is 2.74. The number of rotatable bonds is 6. The van der Waals surface area contributed by atoms with E-state index in [0.717, 1.165) is 16.1 Å². The van der Waals surface area contributed by atoms with Crippen molar-refractivity contribution in [1.82, 2.24) is 4.31 Å². The molecule has 0 radical (unpaired) electrons. The first-order valence-electron chi connectivity index (χ1n) is 9.45. The van der Waals surface area contributed by atoms with Crippen LogP contribution in [0, 0.1) is 12.8 Å². The third-order valence-electron chi connectivity index (χ3n) is 5.03. The molecule has 3 rings (SSSR count). The van der Waals surface area contributed by atoms with Crippen molar-refractivity contribution >= 4 is 33.4 Å². The molecule has 6 nitrogen and oxygen atoms in total. The summed E-state index contributed by atoms with van der Waals surface area (Å²) >= 11 is 1.60. The number of aryl methyl sites for hydroxylation is 1. The molecule has 1 heterocycles. The van der Waals surface area contributed by atoms with Gasteiger partial charge >= 0.3 is 0 Å². The Kier molecular flexibility index (Phi) is 6.87. The number of nitrogens with one attached hydrogen (secondary N) is 1. The van der Waals surface area contributed by atoms with E-state index in [1.807, 2.05) is 43.5 Å². The number of ether oxygens (including phenoxy) is 1. The van der Waals surface area contributed by atoms with E-state index in [4.69, 9.17) is 4.74 Å². The van der Waals surface area contributed by atoms with E-state index in [-0.39, 0.29) is 17.3 Å². The van der Waals surface area contributed by atoms with Gasteiger partial charge in [0, 0.05) is 23.7 Å². The molecule has 1 aliphatic heterocycles. The van der Waals surface area contributed by atoms with E-state index < -0.39 is 15.9 Å². The molecule has 29 heavy (non-hydrogen) atoms. The summed E-state index contributed by atoms with van der Waals surface area (Å²) in [5, 5.41) is 2.93. The number of hydrogen-bond donors (Lipinski definition) is 1. The van der Waals surface area contributed by atoms with Crippen molar-refractivity contribution < 1.29 is 17.9 Å². The summed E-state index contributed by atoms with van der Waals surface area (Å²) in [6.45, 7) is 2.40. The minimum absolute atomic E-state index is 0.147. The van der Waals surface area contributed by atoms with Crippen LogP contribution in [0.1, 0.15) is 18.4 Å². The van der Waals surface area contributed by atoms with Gasteiger partial charge in [-0.2, -0.15) is 4.31 Å². The number of piperidine rings is 1.